The summed E-state index contributed by atoms with van der Waals surface area (Å²) in [4.78, 5) is 18.8. The molecule has 0 saturated carbocycles. The fourth-order valence-corrected chi connectivity index (χ4v) is 3.06. The molecule has 0 aliphatic carbocycles. The SMILES string of the molecule is COc1cc(CN(C)C(=O)c2ccc3c(c2)ncn3C)cc(OC)c1OC. The number of rotatable bonds is 6. The van der Waals surface area contributed by atoms with Crippen LogP contribution < -0.4 is 14.2 Å². The van der Waals surface area contributed by atoms with Crippen LogP contribution in [0.4, 0.5) is 0 Å². The molecule has 0 radical (unpaired) electrons. The van der Waals surface area contributed by atoms with E-state index in [-0.39, 0.29) is 5.91 Å². The maximum Gasteiger partial charge on any atom is 0.253 e. The Balaban J connectivity index is 1.85. The zero-order valence-electron chi connectivity index (χ0n) is 16.1. The van der Waals surface area contributed by atoms with Gasteiger partial charge >= 0.3 is 0 Å². The van der Waals surface area contributed by atoms with Crippen LogP contribution in [-0.4, -0.2) is 48.7 Å². The number of ether oxygens (including phenoxy) is 3. The van der Waals surface area contributed by atoms with Crippen LogP contribution in [0.15, 0.2) is 36.7 Å². The normalized spacial score (nSPS) is 10.7. The van der Waals surface area contributed by atoms with Crippen LogP contribution in [0.25, 0.3) is 11.0 Å². The maximum atomic E-state index is 12.8. The second-order valence-corrected chi connectivity index (χ2v) is 6.25. The van der Waals surface area contributed by atoms with Crippen molar-refractivity contribution in [2.45, 2.75) is 6.54 Å². The van der Waals surface area contributed by atoms with Gasteiger partial charge in [0.15, 0.2) is 11.5 Å². The van der Waals surface area contributed by atoms with Crippen molar-refractivity contribution in [2.24, 2.45) is 7.05 Å². The van der Waals surface area contributed by atoms with Gasteiger partial charge in [0, 0.05) is 26.2 Å². The number of hydrogen-bond acceptors (Lipinski definition) is 5. The Labute approximate surface area is 158 Å². The molecule has 0 N–H and O–H groups in total. The van der Waals surface area contributed by atoms with Crippen molar-refractivity contribution in [1.29, 1.82) is 0 Å². The molecular weight excluding hydrogens is 346 g/mol. The van der Waals surface area contributed by atoms with Gasteiger partial charge in [-0.05, 0) is 35.9 Å². The maximum absolute atomic E-state index is 12.8. The number of carbonyl (C=O) groups is 1. The first-order valence-corrected chi connectivity index (χ1v) is 8.44. The number of fused-ring (bicyclic) bond motifs is 1. The van der Waals surface area contributed by atoms with E-state index in [1.165, 1.54) is 0 Å². The number of aryl methyl sites for hydroxylation is 1. The van der Waals surface area contributed by atoms with E-state index in [0.717, 1.165) is 16.6 Å². The second-order valence-electron chi connectivity index (χ2n) is 6.25. The summed E-state index contributed by atoms with van der Waals surface area (Å²) in [6.45, 7) is 0.399. The molecule has 1 amide bonds. The van der Waals surface area contributed by atoms with Crippen molar-refractivity contribution in [3.8, 4) is 17.2 Å². The third kappa shape index (κ3) is 3.53. The van der Waals surface area contributed by atoms with Crippen LogP contribution in [0.2, 0.25) is 0 Å². The standard InChI is InChI=1S/C20H23N3O4/c1-22(11-13-8-17(25-3)19(27-5)18(9-13)26-4)20(24)14-6-7-16-15(10-14)21-12-23(16)2/h6-10,12H,11H2,1-5H3. The summed E-state index contributed by atoms with van der Waals surface area (Å²) in [7, 11) is 8.38. The van der Waals surface area contributed by atoms with E-state index in [4.69, 9.17) is 14.2 Å². The Kier molecular flexibility index (Phi) is 5.21. The van der Waals surface area contributed by atoms with Crippen molar-refractivity contribution >= 4 is 16.9 Å². The predicted molar refractivity (Wildman–Crippen MR) is 103 cm³/mol. The molecule has 27 heavy (non-hydrogen) atoms. The molecule has 142 valence electrons. The average molecular weight is 369 g/mol. The molecule has 3 aromatic rings. The van der Waals surface area contributed by atoms with Gasteiger partial charge < -0.3 is 23.7 Å². The number of hydrogen-bond donors (Lipinski definition) is 0. The van der Waals surface area contributed by atoms with E-state index >= 15 is 0 Å². The van der Waals surface area contributed by atoms with E-state index in [9.17, 15) is 4.79 Å². The topological polar surface area (TPSA) is 65.8 Å². The van der Waals surface area contributed by atoms with Gasteiger partial charge in [0.1, 0.15) is 0 Å². The van der Waals surface area contributed by atoms with Crippen molar-refractivity contribution in [2.75, 3.05) is 28.4 Å². The molecule has 2 aromatic carbocycles. The predicted octanol–water partition coefficient (Wildman–Crippen LogP) is 2.87. The number of benzene rings is 2. The Morgan fingerprint density at radius 1 is 1.07 bits per heavy atom. The molecule has 0 fully saturated rings. The Morgan fingerprint density at radius 2 is 1.74 bits per heavy atom. The first-order chi connectivity index (χ1) is 13.0. The van der Waals surface area contributed by atoms with Gasteiger partial charge in [0.25, 0.3) is 5.91 Å². The van der Waals surface area contributed by atoms with E-state index in [2.05, 4.69) is 4.98 Å². The molecule has 7 heteroatoms. The van der Waals surface area contributed by atoms with Crippen LogP contribution in [0, 0.1) is 0 Å². The summed E-state index contributed by atoms with van der Waals surface area (Å²) in [6, 6.07) is 9.21. The first-order valence-electron chi connectivity index (χ1n) is 8.44. The number of carbonyl (C=O) groups excluding carboxylic acids is 1. The van der Waals surface area contributed by atoms with E-state index in [0.29, 0.717) is 29.4 Å². The molecule has 1 heterocycles. The van der Waals surface area contributed by atoms with Crippen molar-refractivity contribution in [3.63, 3.8) is 0 Å². The summed E-state index contributed by atoms with van der Waals surface area (Å²) in [5.41, 5.74) is 3.25. The van der Waals surface area contributed by atoms with Crippen LogP contribution >= 0.6 is 0 Å². The molecule has 0 spiro atoms. The quantitative estimate of drug-likeness (QED) is 0.668. The Bertz CT molecular complexity index is 956. The number of imidazole rings is 1. The van der Waals surface area contributed by atoms with Crippen molar-refractivity contribution in [3.05, 3.63) is 47.8 Å². The van der Waals surface area contributed by atoms with Gasteiger partial charge in [-0.15, -0.1) is 0 Å². The van der Waals surface area contributed by atoms with Gasteiger partial charge in [-0.3, -0.25) is 4.79 Å². The van der Waals surface area contributed by atoms with Crippen molar-refractivity contribution in [1.82, 2.24) is 14.5 Å². The zero-order valence-corrected chi connectivity index (χ0v) is 16.1. The molecule has 0 bridgehead atoms. The van der Waals surface area contributed by atoms with E-state index < -0.39 is 0 Å². The molecule has 3 rings (SSSR count). The van der Waals surface area contributed by atoms with Gasteiger partial charge in [0.05, 0.1) is 38.7 Å². The highest BCUT2D eigenvalue weighted by Gasteiger charge is 2.17. The van der Waals surface area contributed by atoms with Crippen LogP contribution in [0.1, 0.15) is 15.9 Å². The summed E-state index contributed by atoms with van der Waals surface area (Å²) in [5, 5.41) is 0. The Morgan fingerprint density at radius 3 is 2.33 bits per heavy atom. The minimum Gasteiger partial charge on any atom is -0.493 e. The average Bonchev–Trinajstić information content (AvgIpc) is 3.06. The third-order valence-corrected chi connectivity index (χ3v) is 4.46. The van der Waals surface area contributed by atoms with E-state index in [1.54, 1.807) is 39.6 Å². The summed E-state index contributed by atoms with van der Waals surface area (Å²) >= 11 is 0. The monoisotopic (exact) mass is 369 g/mol. The van der Waals surface area contributed by atoms with Gasteiger partial charge in [0.2, 0.25) is 5.75 Å². The Hall–Kier alpha value is -3.22. The highest BCUT2D eigenvalue weighted by atomic mass is 16.5. The fraction of sp³-hybridized carbons (Fsp3) is 0.300. The largest absolute Gasteiger partial charge is 0.493 e. The smallest absolute Gasteiger partial charge is 0.253 e. The molecule has 0 saturated heterocycles. The number of amides is 1. The molecular formula is C20H23N3O4. The second kappa shape index (κ2) is 7.57. The first kappa shape index (κ1) is 18.6. The lowest BCUT2D eigenvalue weighted by atomic mass is 10.1. The molecule has 0 unspecified atom stereocenters. The lowest BCUT2D eigenvalue weighted by Gasteiger charge is -2.19. The minimum absolute atomic E-state index is 0.0868. The summed E-state index contributed by atoms with van der Waals surface area (Å²) < 4.78 is 18.0. The highest BCUT2D eigenvalue weighted by Crippen LogP contribution is 2.38. The van der Waals surface area contributed by atoms with Crippen molar-refractivity contribution < 1.29 is 19.0 Å². The molecule has 7 nitrogen and oxygen atoms in total. The number of methoxy groups -OCH3 is 3. The minimum atomic E-state index is -0.0868. The summed E-state index contributed by atoms with van der Waals surface area (Å²) in [5.74, 6) is 1.56. The number of nitrogens with zero attached hydrogens (tertiary/aromatic N) is 3. The van der Waals surface area contributed by atoms with Crippen LogP contribution in [0.5, 0.6) is 17.2 Å². The van der Waals surface area contributed by atoms with Gasteiger partial charge in [-0.2, -0.15) is 0 Å². The molecule has 0 aliphatic heterocycles. The lowest BCUT2D eigenvalue weighted by Crippen LogP contribution is -2.26. The zero-order chi connectivity index (χ0) is 19.6. The van der Waals surface area contributed by atoms with E-state index in [1.807, 2.05) is 41.9 Å². The fourth-order valence-electron chi connectivity index (χ4n) is 3.06. The van der Waals surface area contributed by atoms with Gasteiger partial charge in [-0.1, -0.05) is 0 Å². The molecule has 0 aliphatic rings. The molecule has 1 aromatic heterocycles. The van der Waals surface area contributed by atoms with Gasteiger partial charge in [-0.25, -0.2) is 4.98 Å². The third-order valence-electron chi connectivity index (χ3n) is 4.46. The highest BCUT2D eigenvalue weighted by molar-refractivity contribution is 5.97. The molecule has 0 atom stereocenters. The van der Waals surface area contributed by atoms with Crippen LogP contribution in [0.3, 0.4) is 0 Å². The number of aromatic nitrogens is 2. The summed E-state index contributed by atoms with van der Waals surface area (Å²) in [6.07, 6.45) is 1.73. The van der Waals surface area contributed by atoms with Crippen LogP contribution in [-0.2, 0) is 13.6 Å². The lowest BCUT2D eigenvalue weighted by molar-refractivity contribution is 0.0785.